The minimum Gasteiger partial charge on any atom is -0.459 e. The van der Waals surface area contributed by atoms with Gasteiger partial charge in [-0.1, -0.05) is 27.7 Å². The number of hydrogen-bond donors (Lipinski definition) is 3. The molecule has 5 aliphatic heterocycles. The summed E-state index contributed by atoms with van der Waals surface area (Å²) in [5.41, 5.74) is -3.25. The van der Waals surface area contributed by atoms with Crippen molar-refractivity contribution in [2.75, 3.05) is 21.2 Å². The first-order valence-electron chi connectivity index (χ1n) is 18.7. The van der Waals surface area contributed by atoms with Crippen molar-refractivity contribution in [2.45, 2.75) is 185 Å². The number of esters is 1. The van der Waals surface area contributed by atoms with Crippen molar-refractivity contribution in [3.63, 3.8) is 0 Å². The van der Waals surface area contributed by atoms with E-state index in [-0.39, 0.29) is 24.5 Å². The molecule has 5 saturated heterocycles. The van der Waals surface area contributed by atoms with Crippen molar-refractivity contribution in [1.29, 1.82) is 0 Å². The number of likely N-dealkylation sites (N-methyl/N-ethyl adjacent to an activating group) is 1. The van der Waals surface area contributed by atoms with Gasteiger partial charge >= 0.3 is 5.97 Å². The molecule has 19 atom stereocenters. The lowest BCUT2D eigenvalue weighted by Gasteiger charge is -2.49. The third kappa shape index (κ3) is 6.69. The van der Waals surface area contributed by atoms with Gasteiger partial charge in [0.2, 0.25) is 0 Å². The van der Waals surface area contributed by atoms with E-state index in [4.69, 9.17) is 37.9 Å². The fourth-order valence-electron chi connectivity index (χ4n) is 9.81. The highest BCUT2D eigenvalue weighted by Crippen LogP contribution is 2.59. The first kappa shape index (κ1) is 40.2. The fourth-order valence-corrected chi connectivity index (χ4v) is 9.81. The van der Waals surface area contributed by atoms with Crippen molar-refractivity contribution in [3.05, 3.63) is 0 Å². The van der Waals surface area contributed by atoms with Crippen molar-refractivity contribution >= 4 is 5.97 Å². The highest BCUT2D eigenvalue weighted by Gasteiger charge is 2.71. The minimum atomic E-state index is -1.25. The van der Waals surface area contributed by atoms with Gasteiger partial charge in [-0.25, -0.2) is 0 Å². The number of aliphatic hydroxyl groups is 3. The summed E-state index contributed by atoms with van der Waals surface area (Å²) in [4.78, 5) is 16.2. The van der Waals surface area contributed by atoms with Crippen molar-refractivity contribution in [3.8, 4) is 0 Å². The summed E-state index contributed by atoms with van der Waals surface area (Å²) in [5.74, 6) is -3.80. The Labute approximate surface area is 298 Å². The molecule has 0 aliphatic carbocycles. The third-order valence-corrected chi connectivity index (χ3v) is 12.9. The number of cyclic esters (lactones) is 1. The SMILES string of the molecule is CC[C@H]1OC(=O)[C@@H](C)[C@H](OC2CC(C)(OC)C(O)C(C)O2)[C@@H](C)[C@H](OC2OC(C)CC(N(C)C)C2O)C2(C)CC(C)C3(O2)OC1(C)[C@@H](O)[C@@H]3C. The van der Waals surface area contributed by atoms with E-state index < -0.39 is 102 Å². The quantitative estimate of drug-likeness (QED) is 0.331. The minimum absolute atomic E-state index is 0.194. The highest BCUT2D eigenvalue weighted by molar-refractivity contribution is 5.73. The van der Waals surface area contributed by atoms with E-state index in [0.717, 1.165) is 0 Å². The second-order valence-electron chi connectivity index (χ2n) is 16.9. The molecule has 13 heteroatoms. The summed E-state index contributed by atoms with van der Waals surface area (Å²) in [6.07, 6.45) is -6.22. The predicted octanol–water partition coefficient (Wildman–Crippen LogP) is 2.99. The molecule has 0 aromatic heterocycles. The summed E-state index contributed by atoms with van der Waals surface area (Å²) in [6.45, 7) is 18.9. The molecule has 0 amide bonds. The largest absolute Gasteiger partial charge is 0.459 e. The van der Waals surface area contributed by atoms with Crippen LogP contribution in [0.1, 0.15) is 94.9 Å². The van der Waals surface area contributed by atoms with Crippen LogP contribution in [0.4, 0.5) is 0 Å². The molecule has 3 N–H and O–H groups in total. The maximum absolute atomic E-state index is 14.2. The number of methoxy groups -OCH3 is 1. The van der Waals surface area contributed by atoms with E-state index in [1.807, 2.05) is 60.5 Å². The molecule has 5 heterocycles. The van der Waals surface area contributed by atoms with Gasteiger partial charge in [0.05, 0.1) is 47.6 Å². The number of ether oxygens (including phenoxy) is 8. The van der Waals surface area contributed by atoms with Gasteiger partial charge < -0.3 is 58.1 Å². The van der Waals surface area contributed by atoms with Crippen molar-refractivity contribution < 1.29 is 58.0 Å². The number of carbonyl (C=O) groups excluding carboxylic acids is 1. The fraction of sp³-hybridized carbons (Fsp3) is 0.973. The van der Waals surface area contributed by atoms with E-state index in [1.54, 1.807) is 27.9 Å². The summed E-state index contributed by atoms with van der Waals surface area (Å²) < 4.78 is 52.3. The van der Waals surface area contributed by atoms with Gasteiger partial charge in [-0.05, 0) is 74.9 Å². The van der Waals surface area contributed by atoms with E-state index in [9.17, 15) is 20.1 Å². The molecule has 1 spiro atoms. The first-order chi connectivity index (χ1) is 23.2. The summed E-state index contributed by atoms with van der Waals surface area (Å²) in [5, 5.41) is 34.4. The number of carbonyl (C=O) groups is 1. The van der Waals surface area contributed by atoms with Crippen LogP contribution in [-0.2, 0) is 42.7 Å². The molecule has 0 saturated carbocycles. The lowest BCUT2D eigenvalue weighted by atomic mass is 9.77. The average Bonchev–Trinajstić information content (AvgIpc) is 3.42. The van der Waals surface area contributed by atoms with Crippen molar-refractivity contribution in [2.24, 2.45) is 23.7 Å². The zero-order valence-corrected chi connectivity index (χ0v) is 32.5. The van der Waals surface area contributed by atoms with Crippen LogP contribution < -0.4 is 0 Å². The first-order valence-corrected chi connectivity index (χ1v) is 18.7. The smallest absolute Gasteiger partial charge is 0.311 e. The normalized spacial score (nSPS) is 54.7. The molecule has 5 fully saturated rings. The van der Waals surface area contributed by atoms with E-state index in [2.05, 4.69) is 6.92 Å². The maximum atomic E-state index is 14.2. The van der Waals surface area contributed by atoms with Crippen LogP contribution in [0.25, 0.3) is 0 Å². The monoisotopic (exact) mass is 715 g/mol. The van der Waals surface area contributed by atoms with E-state index in [0.29, 0.717) is 19.3 Å². The molecule has 5 aliphatic rings. The Morgan fingerprint density at radius 1 is 0.920 bits per heavy atom. The zero-order chi connectivity index (χ0) is 37.3. The summed E-state index contributed by atoms with van der Waals surface area (Å²) >= 11 is 0. The Balaban J connectivity index is 1.62. The van der Waals surface area contributed by atoms with Gasteiger partial charge in [0.25, 0.3) is 0 Å². The number of hydrogen-bond acceptors (Lipinski definition) is 13. The third-order valence-electron chi connectivity index (χ3n) is 12.9. The molecular formula is C37H65NO12. The average molecular weight is 716 g/mol. The molecule has 13 nitrogen and oxygen atoms in total. The molecule has 12 unspecified atom stereocenters. The second-order valence-corrected chi connectivity index (χ2v) is 16.9. The van der Waals surface area contributed by atoms with Crippen LogP contribution in [0, 0.1) is 23.7 Å². The van der Waals surface area contributed by atoms with Gasteiger partial charge in [0, 0.05) is 37.3 Å². The predicted molar refractivity (Wildman–Crippen MR) is 182 cm³/mol. The number of rotatable bonds is 7. The van der Waals surface area contributed by atoms with E-state index >= 15 is 0 Å². The molecule has 0 aromatic carbocycles. The van der Waals surface area contributed by atoms with Gasteiger partial charge in [-0.2, -0.15) is 0 Å². The van der Waals surface area contributed by atoms with Crippen molar-refractivity contribution in [1.82, 2.24) is 4.90 Å². The van der Waals surface area contributed by atoms with Crippen LogP contribution in [0.2, 0.25) is 0 Å². The summed E-state index contributed by atoms with van der Waals surface area (Å²) in [6, 6.07) is -0.218. The Morgan fingerprint density at radius 2 is 1.58 bits per heavy atom. The Morgan fingerprint density at radius 3 is 2.18 bits per heavy atom. The zero-order valence-electron chi connectivity index (χ0n) is 32.5. The van der Waals surface area contributed by atoms with Crippen LogP contribution in [0.3, 0.4) is 0 Å². The number of nitrogens with zero attached hydrogens (tertiary/aromatic N) is 1. The Kier molecular flexibility index (Phi) is 11.5. The van der Waals surface area contributed by atoms with Gasteiger partial charge in [0.15, 0.2) is 18.4 Å². The molecule has 5 rings (SSSR count). The van der Waals surface area contributed by atoms with Gasteiger partial charge in [-0.3, -0.25) is 4.79 Å². The standard InChI is InChI=1S/C37H65NO12/c1-14-25-36(10)29(40)22(6)37(50-36)18(2)16-35(9,49-37)31(48-33-27(39)24(38(11)12)15-19(3)44-33)20(4)28(21(5)32(42)46-25)47-26-17-34(8,43-13)30(41)23(7)45-26/h18-31,33,39-41H,14-17H2,1-13H3/t18?,19?,20-,21+,22+,23?,24?,25-,26?,27?,28-,29+,30?,31+,33?,34?,35?,36?,37?/m1/s1. The molecular weight excluding hydrogens is 650 g/mol. The van der Waals surface area contributed by atoms with Crippen LogP contribution in [0.15, 0.2) is 0 Å². The highest BCUT2D eigenvalue weighted by atomic mass is 16.8. The van der Waals surface area contributed by atoms with Crippen LogP contribution in [0.5, 0.6) is 0 Å². The maximum Gasteiger partial charge on any atom is 0.311 e. The van der Waals surface area contributed by atoms with Gasteiger partial charge in [-0.15, -0.1) is 0 Å². The number of aliphatic hydroxyl groups excluding tert-OH is 3. The van der Waals surface area contributed by atoms with E-state index in [1.165, 1.54) is 0 Å². The van der Waals surface area contributed by atoms with Crippen LogP contribution >= 0.6 is 0 Å². The molecule has 290 valence electrons. The summed E-state index contributed by atoms with van der Waals surface area (Å²) in [7, 11) is 5.39. The Hall–Kier alpha value is -0.970. The van der Waals surface area contributed by atoms with Crippen LogP contribution in [-0.4, -0.2) is 137 Å². The number of fused-ring (bicyclic) bond motifs is 2. The Bertz CT molecular complexity index is 1210. The molecule has 0 radical (unpaired) electrons. The second kappa shape index (κ2) is 14.4. The molecule has 3 bridgehead atoms. The van der Waals surface area contributed by atoms with Gasteiger partial charge in [0.1, 0.15) is 23.9 Å². The topological polar surface area (TPSA) is 155 Å². The molecule has 0 aromatic rings. The lowest BCUT2D eigenvalue weighted by molar-refractivity contribution is -0.344. The lowest BCUT2D eigenvalue weighted by Crippen LogP contribution is -2.61. The molecule has 50 heavy (non-hydrogen) atoms.